The molecule has 0 fully saturated rings. The second-order valence-electron chi connectivity index (χ2n) is 10.1. The van der Waals surface area contributed by atoms with Crippen LogP contribution in [0.1, 0.15) is 89.7 Å². The van der Waals surface area contributed by atoms with Crippen molar-refractivity contribution in [3.63, 3.8) is 0 Å². The molecule has 2 aromatic heterocycles. The zero-order valence-electron chi connectivity index (χ0n) is 22.5. The van der Waals surface area contributed by atoms with Crippen LogP contribution in [0.4, 0.5) is 0 Å². The van der Waals surface area contributed by atoms with E-state index in [-0.39, 0.29) is 24.7 Å². The highest BCUT2D eigenvalue weighted by Crippen LogP contribution is 2.36. The number of nitrogens with one attached hydrogen (secondary N) is 2. The van der Waals surface area contributed by atoms with E-state index in [4.69, 9.17) is 9.97 Å². The van der Waals surface area contributed by atoms with Crippen molar-refractivity contribution in [2.24, 2.45) is 0 Å². The molecule has 0 radical (unpaired) electrons. The zero-order valence-corrected chi connectivity index (χ0v) is 22.5. The van der Waals surface area contributed by atoms with E-state index in [1.54, 1.807) is 12.2 Å². The maximum absolute atomic E-state index is 11.4. The van der Waals surface area contributed by atoms with Crippen LogP contribution >= 0.6 is 0 Å². The van der Waals surface area contributed by atoms with Gasteiger partial charge in [0.1, 0.15) is 0 Å². The lowest BCUT2D eigenvalue weighted by Gasteiger charge is -2.24. The molecule has 6 rings (SSSR count). The fourth-order valence-electron chi connectivity index (χ4n) is 5.31. The van der Waals surface area contributed by atoms with Crippen molar-refractivity contribution in [2.45, 2.75) is 51.4 Å². The number of H-pyrrole nitrogens is 2. The number of carboxylic acids is 2. The number of rotatable bonds is 8. The number of aromatic amines is 2. The minimum atomic E-state index is -0.890. The van der Waals surface area contributed by atoms with E-state index >= 15 is 0 Å². The summed E-state index contributed by atoms with van der Waals surface area (Å²) in [6.45, 7) is 12.0. The Morgan fingerprint density at radius 1 is 0.925 bits per heavy atom. The van der Waals surface area contributed by atoms with Crippen molar-refractivity contribution in [2.75, 3.05) is 0 Å². The number of hydrogen-bond donors (Lipinski definition) is 4. The molecule has 202 valence electrons. The Hall–Kier alpha value is -4.90. The quantitative estimate of drug-likeness (QED) is 0.303. The molecule has 0 aromatic carbocycles. The molecule has 4 aliphatic rings. The highest BCUT2D eigenvalue weighted by molar-refractivity contribution is 5.96. The average Bonchev–Trinajstić information content (AvgIpc) is 3.36. The number of allylic oxidation sites excluding steroid dienone is 3. The number of aliphatic carboxylic acids is 2. The molecule has 2 aromatic rings. The van der Waals surface area contributed by atoms with E-state index in [0.717, 1.165) is 61.8 Å². The van der Waals surface area contributed by atoms with E-state index in [0.29, 0.717) is 18.5 Å². The van der Waals surface area contributed by atoms with Crippen LogP contribution in [-0.2, 0) is 9.59 Å². The maximum atomic E-state index is 11.4. The summed E-state index contributed by atoms with van der Waals surface area (Å²) in [7, 11) is 0. The number of carboxylic acid groups (broad SMARTS) is 2. The minimum absolute atomic E-state index is 0.00442. The van der Waals surface area contributed by atoms with Gasteiger partial charge in [-0.25, -0.2) is 4.98 Å². The highest BCUT2D eigenvalue weighted by atomic mass is 16.4. The Bertz CT molecular complexity index is 1740. The first-order valence-electron chi connectivity index (χ1n) is 13.1. The fourth-order valence-corrected chi connectivity index (χ4v) is 5.31. The number of hydrogen-bond acceptors (Lipinski definition) is 4. The molecule has 0 spiro atoms. The minimum Gasteiger partial charge on any atom is -0.481 e. The third kappa shape index (κ3) is 5.06. The Morgan fingerprint density at radius 3 is 2.35 bits per heavy atom. The molecule has 0 saturated heterocycles. The molecule has 4 N–H and O–H groups in total. The predicted molar refractivity (Wildman–Crippen MR) is 155 cm³/mol. The number of carbonyl (C=O) groups is 2. The van der Waals surface area contributed by atoms with Crippen LogP contribution in [0, 0.1) is 18.8 Å². The smallest absolute Gasteiger partial charge is 0.303 e. The van der Waals surface area contributed by atoms with E-state index in [1.165, 1.54) is 0 Å². The van der Waals surface area contributed by atoms with Gasteiger partial charge in [0.25, 0.3) is 0 Å². The van der Waals surface area contributed by atoms with Gasteiger partial charge in [-0.2, -0.15) is 0 Å². The third-order valence-corrected chi connectivity index (χ3v) is 7.54. The normalized spacial score (nSPS) is 16.6. The summed E-state index contributed by atoms with van der Waals surface area (Å²) in [6, 6.07) is 7.72. The predicted octanol–water partition coefficient (Wildman–Crippen LogP) is 6.10. The molecule has 40 heavy (non-hydrogen) atoms. The lowest BCUT2D eigenvalue weighted by Crippen LogP contribution is -2.17. The number of aryl methyl sites for hydroxylation is 1. The van der Waals surface area contributed by atoms with E-state index in [9.17, 15) is 19.8 Å². The van der Waals surface area contributed by atoms with Crippen molar-refractivity contribution in [3.8, 4) is 11.8 Å². The van der Waals surface area contributed by atoms with Crippen molar-refractivity contribution >= 4 is 40.2 Å². The summed E-state index contributed by atoms with van der Waals surface area (Å²) < 4.78 is 0. The molecule has 8 nitrogen and oxygen atoms in total. The highest BCUT2D eigenvalue weighted by Gasteiger charge is 2.27. The summed E-state index contributed by atoms with van der Waals surface area (Å²) in [5.41, 5.74) is 9.97. The Labute approximate surface area is 231 Å². The van der Waals surface area contributed by atoms with Crippen molar-refractivity contribution < 1.29 is 19.8 Å². The van der Waals surface area contributed by atoms with E-state index in [1.807, 2.05) is 38.1 Å². The zero-order chi connectivity index (χ0) is 28.6. The molecule has 2 unspecified atom stereocenters. The largest absolute Gasteiger partial charge is 0.481 e. The second kappa shape index (κ2) is 10.7. The Morgan fingerprint density at radius 2 is 1.65 bits per heavy atom. The van der Waals surface area contributed by atoms with Gasteiger partial charge < -0.3 is 20.2 Å². The summed E-state index contributed by atoms with van der Waals surface area (Å²) in [4.78, 5) is 39.3. The van der Waals surface area contributed by atoms with Gasteiger partial charge in [-0.1, -0.05) is 31.2 Å². The van der Waals surface area contributed by atoms with Crippen LogP contribution in [-0.4, -0.2) is 42.1 Å². The van der Waals surface area contributed by atoms with Gasteiger partial charge in [0.05, 0.1) is 34.4 Å². The van der Waals surface area contributed by atoms with Gasteiger partial charge in [0.2, 0.25) is 0 Å². The lowest BCUT2D eigenvalue weighted by molar-refractivity contribution is -0.138. The molecule has 8 heteroatoms. The summed E-state index contributed by atoms with van der Waals surface area (Å²) in [5, 5.41) is 18.7. The maximum Gasteiger partial charge on any atom is 0.303 e. The molecule has 2 atom stereocenters. The number of aromatic nitrogens is 4. The van der Waals surface area contributed by atoms with Crippen LogP contribution in [0.25, 0.3) is 28.3 Å². The molecular formula is C32H30N4O4. The van der Waals surface area contributed by atoms with Crippen LogP contribution in [0.5, 0.6) is 0 Å². The van der Waals surface area contributed by atoms with Crippen LogP contribution < -0.4 is 0 Å². The molecule has 8 bridgehead atoms. The van der Waals surface area contributed by atoms with Gasteiger partial charge in [-0.3, -0.25) is 14.6 Å². The second-order valence-corrected chi connectivity index (χ2v) is 10.1. The molecule has 6 heterocycles. The lowest BCUT2D eigenvalue weighted by atomic mass is 9.88. The molecule has 0 saturated carbocycles. The average molecular weight is 535 g/mol. The SMILES string of the molecule is C=CC1=C(C)c2cc3[nH]c(cc4nc(cc5[nH]c(cc1n2)c(C)c5C=C)C4CCC(=O)O)C(CCC(=O)O)C#C3. The third-order valence-electron chi connectivity index (χ3n) is 7.54. The van der Waals surface area contributed by atoms with Crippen LogP contribution in [0.15, 0.2) is 43.5 Å². The van der Waals surface area contributed by atoms with Gasteiger partial charge >= 0.3 is 11.9 Å². The summed E-state index contributed by atoms with van der Waals surface area (Å²) >= 11 is 0. The van der Waals surface area contributed by atoms with E-state index in [2.05, 4.69) is 35.0 Å². The molecule has 4 aliphatic heterocycles. The first-order valence-corrected chi connectivity index (χ1v) is 13.1. The standard InChI is InChI=1S/C32H30N4O4/c1-5-21-17(3)24-13-20-9-7-19(8-11-31(37)38)26(33-20)15-29-23(10-12-32(39)40)30(36-29)16-28-22(6-2)18(4)25(35-28)14-27(21)34-24/h5-6,13-16,19,23,33,35H,1-2,8,10-12H2,3-4H3,(H,37,38)(H,39,40). The number of nitrogens with zero attached hydrogens (tertiary/aromatic N) is 2. The Kier molecular flexibility index (Phi) is 7.14. The first kappa shape index (κ1) is 26.7. The monoisotopic (exact) mass is 534 g/mol. The molecule has 0 amide bonds. The summed E-state index contributed by atoms with van der Waals surface area (Å²) in [5.74, 6) is 4.06. The van der Waals surface area contributed by atoms with Crippen molar-refractivity contribution in [3.05, 3.63) is 88.8 Å². The van der Waals surface area contributed by atoms with Gasteiger partial charge in [0.15, 0.2) is 0 Å². The van der Waals surface area contributed by atoms with Crippen molar-refractivity contribution in [1.82, 2.24) is 19.9 Å². The van der Waals surface area contributed by atoms with Crippen molar-refractivity contribution in [1.29, 1.82) is 0 Å². The van der Waals surface area contributed by atoms with E-state index < -0.39 is 11.9 Å². The van der Waals surface area contributed by atoms with Gasteiger partial charge in [0, 0.05) is 46.6 Å². The van der Waals surface area contributed by atoms with Crippen LogP contribution in [0.2, 0.25) is 0 Å². The van der Waals surface area contributed by atoms with Gasteiger partial charge in [-0.15, -0.1) is 0 Å². The summed E-state index contributed by atoms with van der Waals surface area (Å²) in [6.07, 6.45) is 4.29. The van der Waals surface area contributed by atoms with Gasteiger partial charge in [-0.05, 0) is 68.0 Å². The van der Waals surface area contributed by atoms with Crippen LogP contribution in [0.3, 0.4) is 0 Å². The molecule has 0 aliphatic carbocycles. The Balaban J connectivity index is 1.82. The first-order chi connectivity index (χ1) is 19.2. The molecular weight excluding hydrogens is 504 g/mol. The fraction of sp³-hybridized carbons (Fsp3) is 0.250. The topological polar surface area (TPSA) is 132 Å².